The monoisotopic (exact) mass is 571 g/mol. The number of piperazine rings is 1. The molecule has 2 aromatic carbocycles. The number of Topliss-reactive ketones (excluding diaryl/α,β-unsaturated/α-hetero) is 1. The zero-order chi connectivity index (χ0) is 29.6. The summed E-state index contributed by atoms with van der Waals surface area (Å²) in [6.45, 7) is 5.81. The Balaban J connectivity index is 1.04. The van der Waals surface area contributed by atoms with Crippen molar-refractivity contribution in [3.8, 4) is 11.3 Å². The first-order valence-electron chi connectivity index (χ1n) is 14.4. The number of nitrogens with zero attached hydrogens (tertiary/aromatic N) is 7. The molecule has 1 saturated heterocycles. The Hall–Kier alpha value is -5.02. The molecule has 0 N–H and O–H groups in total. The summed E-state index contributed by atoms with van der Waals surface area (Å²) < 4.78 is 1.51. The highest BCUT2D eigenvalue weighted by atomic mass is 16.2. The van der Waals surface area contributed by atoms with Crippen molar-refractivity contribution in [2.24, 2.45) is 0 Å². The van der Waals surface area contributed by atoms with Crippen LogP contribution < -0.4 is 0 Å². The van der Waals surface area contributed by atoms with Crippen molar-refractivity contribution in [3.05, 3.63) is 132 Å². The van der Waals surface area contributed by atoms with Crippen LogP contribution in [0, 0.1) is 6.92 Å². The molecule has 1 aliphatic rings. The zero-order valence-electron chi connectivity index (χ0n) is 24.1. The lowest BCUT2D eigenvalue weighted by Crippen LogP contribution is -2.49. The number of rotatable bonds is 8. The normalized spacial score (nSPS) is 13.7. The molecule has 0 aliphatic carbocycles. The molecular weight excluding hydrogens is 538 g/mol. The fraction of sp³-hybridized carbons (Fsp3) is 0.235. The molecule has 1 amide bonds. The Morgan fingerprint density at radius 3 is 2.42 bits per heavy atom. The maximum atomic E-state index is 13.2. The number of aryl methyl sites for hydroxylation is 1. The van der Waals surface area contributed by atoms with Gasteiger partial charge >= 0.3 is 6.03 Å². The molecule has 9 heteroatoms. The van der Waals surface area contributed by atoms with Gasteiger partial charge in [-0.15, -0.1) is 0 Å². The predicted octanol–water partition coefficient (Wildman–Crippen LogP) is 4.85. The SMILES string of the molecule is Cc1ccc(CC(=O)c2ccc(CN3CCN(C(=O)n4ccnc4)CC3)cc2)cc1Cc1nccc(-c2cccnc2)n1. The molecule has 9 nitrogen and oxygen atoms in total. The highest BCUT2D eigenvalue weighted by molar-refractivity contribution is 5.97. The zero-order valence-corrected chi connectivity index (χ0v) is 24.1. The van der Waals surface area contributed by atoms with Crippen LogP contribution in [0.25, 0.3) is 11.3 Å². The Bertz CT molecular complexity index is 1700. The van der Waals surface area contributed by atoms with E-state index in [1.807, 2.05) is 53.4 Å². The van der Waals surface area contributed by atoms with Crippen molar-refractivity contribution in [2.75, 3.05) is 26.2 Å². The smallest absolute Gasteiger partial charge is 0.321 e. The van der Waals surface area contributed by atoms with Gasteiger partial charge in [0, 0.05) is 87.7 Å². The highest BCUT2D eigenvalue weighted by Gasteiger charge is 2.22. The Morgan fingerprint density at radius 2 is 1.67 bits per heavy atom. The number of carbonyl (C=O) groups is 2. The average Bonchev–Trinajstić information content (AvgIpc) is 3.59. The molecule has 216 valence electrons. The molecule has 5 aromatic rings. The first-order valence-corrected chi connectivity index (χ1v) is 14.4. The predicted molar refractivity (Wildman–Crippen MR) is 164 cm³/mol. The van der Waals surface area contributed by atoms with Gasteiger partial charge in [0.15, 0.2) is 5.78 Å². The number of imidazole rings is 1. The van der Waals surface area contributed by atoms with E-state index >= 15 is 0 Å². The van der Waals surface area contributed by atoms with Crippen molar-refractivity contribution in [3.63, 3.8) is 0 Å². The van der Waals surface area contributed by atoms with Gasteiger partial charge in [0.2, 0.25) is 0 Å². The van der Waals surface area contributed by atoms with E-state index in [9.17, 15) is 9.59 Å². The fourth-order valence-electron chi connectivity index (χ4n) is 5.33. The maximum Gasteiger partial charge on any atom is 0.329 e. The summed E-state index contributed by atoms with van der Waals surface area (Å²) in [5.41, 5.74) is 6.87. The molecule has 4 heterocycles. The van der Waals surface area contributed by atoms with Crippen molar-refractivity contribution in [2.45, 2.75) is 26.3 Å². The molecule has 0 spiro atoms. The maximum absolute atomic E-state index is 13.2. The van der Waals surface area contributed by atoms with Gasteiger partial charge in [0.25, 0.3) is 0 Å². The van der Waals surface area contributed by atoms with Gasteiger partial charge < -0.3 is 4.90 Å². The molecular formula is C34H33N7O2. The van der Waals surface area contributed by atoms with Gasteiger partial charge in [-0.05, 0) is 47.4 Å². The van der Waals surface area contributed by atoms with Crippen molar-refractivity contribution < 1.29 is 9.59 Å². The van der Waals surface area contributed by atoms with Crippen molar-refractivity contribution in [1.82, 2.24) is 34.3 Å². The Labute approximate surface area is 250 Å². The Kier molecular flexibility index (Phi) is 8.42. The van der Waals surface area contributed by atoms with E-state index in [0.717, 1.165) is 59.0 Å². The topological polar surface area (TPSA) is 97.1 Å². The van der Waals surface area contributed by atoms with E-state index in [2.05, 4.69) is 38.9 Å². The molecule has 0 unspecified atom stereocenters. The summed E-state index contributed by atoms with van der Waals surface area (Å²) in [5.74, 6) is 0.817. The van der Waals surface area contributed by atoms with Crippen LogP contribution in [-0.2, 0) is 19.4 Å². The van der Waals surface area contributed by atoms with Crippen LogP contribution in [0.1, 0.15) is 38.4 Å². The summed E-state index contributed by atoms with van der Waals surface area (Å²) in [4.78, 5) is 47.3. The molecule has 0 atom stereocenters. The number of hydrogen-bond donors (Lipinski definition) is 0. The van der Waals surface area contributed by atoms with Gasteiger partial charge in [0.1, 0.15) is 12.2 Å². The third-order valence-electron chi connectivity index (χ3n) is 7.84. The van der Waals surface area contributed by atoms with Crippen LogP contribution in [-0.4, -0.2) is 72.3 Å². The van der Waals surface area contributed by atoms with Gasteiger partial charge in [-0.3, -0.25) is 19.2 Å². The minimum absolute atomic E-state index is 0.0379. The highest BCUT2D eigenvalue weighted by Crippen LogP contribution is 2.20. The van der Waals surface area contributed by atoms with Crippen LogP contribution >= 0.6 is 0 Å². The fourth-order valence-corrected chi connectivity index (χ4v) is 5.33. The van der Waals surface area contributed by atoms with Crippen LogP contribution in [0.4, 0.5) is 4.79 Å². The van der Waals surface area contributed by atoms with E-state index in [1.165, 1.54) is 10.9 Å². The Morgan fingerprint density at radius 1 is 0.860 bits per heavy atom. The number of benzene rings is 2. The first kappa shape index (κ1) is 28.1. The molecule has 0 saturated carbocycles. The number of pyridine rings is 1. The quantitative estimate of drug-likeness (QED) is 0.246. The minimum Gasteiger partial charge on any atom is -0.321 e. The second-order valence-electron chi connectivity index (χ2n) is 10.9. The lowest BCUT2D eigenvalue weighted by Gasteiger charge is -2.34. The number of hydrogen-bond acceptors (Lipinski definition) is 7. The van der Waals surface area contributed by atoms with E-state index in [0.29, 0.717) is 31.5 Å². The van der Waals surface area contributed by atoms with Crippen molar-refractivity contribution >= 4 is 11.8 Å². The number of amides is 1. The summed E-state index contributed by atoms with van der Waals surface area (Å²) in [6, 6.07) is 19.8. The van der Waals surface area contributed by atoms with Crippen LogP contribution in [0.15, 0.2) is 98.0 Å². The standard InChI is InChI=1S/C34H33N7O2/c1-25-4-5-27(19-30(25)21-33-37-12-10-31(38-33)29-3-2-11-35-22-29)20-32(42)28-8-6-26(7-9-28)23-39-15-17-40(18-16-39)34(43)41-14-13-36-24-41/h2-14,19,22,24H,15-18,20-21,23H2,1H3. The number of ketones is 1. The summed E-state index contributed by atoms with van der Waals surface area (Å²) >= 11 is 0. The second kappa shape index (κ2) is 12.9. The van der Waals surface area contributed by atoms with Crippen LogP contribution in [0.2, 0.25) is 0 Å². The molecule has 0 radical (unpaired) electrons. The first-order chi connectivity index (χ1) is 21.0. The third kappa shape index (κ3) is 6.90. The molecule has 3 aromatic heterocycles. The van der Waals surface area contributed by atoms with Crippen LogP contribution in [0.5, 0.6) is 0 Å². The van der Waals surface area contributed by atoms with Crippen molar-refractivity contribution in [1.29, 1.82) is 0 Å². The van der Waals surface area contributed by atoms with Gasteiger partial charge in [-0.2, -0.15) is 0 Å². The molecule has 6 rings (SSSR count). The molecule has 1 aliphatic heterocycles. The minimum atomic E-state index is -0.0379. The second-order valence-corrected chi connectivity index (χ2v) is 10.9. The number of aromatic nitrogens is 5. The number of carbonyl (C=O) groups excluding carboxylic acids is 2. The lowest BCUT2D eigenvalue weighted by atomic mass is 9.97. The van der Waals surface area contributed by atoms with E-state index in [-0.39, 0.29) is 11.8 Å². The lowest BCUT2D eigenvalue weighted by molar-refractivity contribution is 0.0993. The largest absolute Gasteiger partial charge is 0.329 e. The van der Waals surface area contributed by atoms with Crippen LogP contribution in [0.3, 0.4) is 0 Å². The van der Waals surface area contributed by atoms with Gasteiger partial charge in [0.05, 0.1) is 5.69 Å². The third-order valence-corrected chi connectivity index (χ3v) is 7.84. The summed E-state index contributed by atoms with van der Waals surface area (Å²) in [7, 11) is 0. The summed E-state index contributed by atoms with van der Waals surface area (Å²) in [6.07, 6.45) is 11.1. The van der Waals surface area contributed by atoms with E-state index < -0.39 is 0 Å². The molecule has 1 fully saturated rings. The van der Waals surface area contributed by atoms with E-state index in [4.69, 9.17) is 4.98 Å². The molecule has 43 heavy (non-hydrogen) atoms. The van der Waals surface area contributed by atoms with Gasteiger partial charge in [-0.1, -0.05) is 42.5 Å². The van der Waals surface area contributed by atoms with Gasteiger partial charge in [-0.25, -0.2) is 19.7 Å². The average molecular weight is 572 g/mol. The summed E-state index contributed by atoms with van der Waals surface area (Å²) in [5, 5.41) is 0. The van der Waals surface area contributed by atoms with E-state index in [1.54, 1.807) is 31.0 Å². The molecule has 0 bridgehead atoms.